The molecule has 3 N–H and O–H groups in total. The van der Waals surface area contributed by atoms with Crippen LogP contribution in [-0.4, -0.2) is 42.7 Å². The van der Waals surface area contributed by atoms with Crippen molar-refractivity contribution in [2.24, 2.45) is 0 Å². The lowest BCUT2D eigenvalue weighted by molar-refractivity contribution is 0.618. The zero-order valence-corrected chi connectivity index (χ0v) is 23.0. The summed E-state index contributed by atoms with van der Waals surface area (Å²) in [5.74, 6) is 2.50. The first-order chi connectivity index (χ1) is 18.6. The van der Waals surface area contributed by atoms with Gasteiger partial charge in [0.2, 0.25) is 5.95 Å². The lowest BCUT2D eigenvalue weighted by atomic mass is 10.0. The van der Waals surface area contributed by atoms with E-state index >= 15 is 0 Å². The van der Waals surface area contributed by atoms with E-state index in [2.05, 4.69) is 77.9 Å². The van der Waals surface area contributed by atoms with Crippen LogP contribution in [0.2, 0.25) is 0 Å². The topological polar surface area (TPSA) is 92.1 Å². The average Bonchev–Trinajstić information content (AvgIpc) is 3.57. The molecular formula is C30H40N8. The van der Waals surface area contributed by atoms with Gasteiger partial charge in [-0.3, -0.25) is 0 Å². The molecule has 1 saturated carbocycles. The van der Waals surface area contributed by atoms with E-state index in [1.165, 1.54) is 25.7 Å². The summed E-state index contributed by atoms with van der Waals surface area (Å²) in [6.07, 6.45) is 11.9. The summed E-state index contributed by atoms with van der Waals surface area (Å²) >= 11 is 0. The van der Waals surface area contributed by atoms with Crippen molar-refractivity contribution in [3.05, 3.63) is 48.8 Å². The van der Waals surface area contributed by atoms with Crippen LogP contribution in [0, 0.1) is 0 Å². The van der Waals surface area contributed by atoms with Gasteiger partial charge in [0.05, 0.1) is 16.8 Å². The number of anilines is 3. The van der Waals surface area contributed by atoms with Gasteiger partial charge in [-0.15, -0.1) is 0 Å². The minimum atomic E-state index is 0.283. The molecular weight excluding hydrogens is 472 g/mol. The molecule has 0 amide bonds. The molecule has 1 aliphatic carbocycles. The van der Waals surface area contributed by atoms with Gasteiger partial charge in [0.15, 0.2) is 0 Å². The third kappa shape index (κ3) is 5.74. The number of nitrogens with zero attached hydrogens (tertiary/aromatic N) is 5. The van der Waals surface area contributed by atoms with E-state index in [1.54, 1.807) is 0 Å². The van der Waals surface area contributed by atoms with Crippen molar-refractivity contribution < 1.29 is 0 Å². The van der Waals surface area contributed by atoms with Gasteiger partial charge in [-0.25, -0.2) is 19.5 Å². The molecule has 5 rings (SSSR count). The Kier molecular flexibility index (Phi) is 8.05. The van der Waals surface area contributed by atoms with Crippen molar-refractivity contribution in [2.45, 2.75) is 90.8 Å². The van der Waals surface area contributed by atoms with Crippen LogP contribution in [0.15, 0.2) is 48.8 Å². The zero-order chi connectivity index (χ0) is 26.5. The third-order valence-electron chi connectivity index (χ3n) is 7.21. The van der Waals surface area contributed by atoms with Gasteiger partial charge in [-0.1, -0.05) is 39.2 Å². The lowest BCUT2D eigenvalue weighted by Crippen LogP contribution is -2.19. The molecule has 0 saturated heterocycles. The molecule has 38 heavy (non-hydrogen) atoms. The molecule has 200 valence electrons. The standard InChI is InChI=1S/C30H40N8/c1-5-10-22(6-2)35-30-32-18-16-24(36-30)28-25-13-9-14-27(34-23-11-7-8-12-23)38(25)37-29(28)21-15-17-31-26(19-21)33-20(3)4/h9,13-20,22-23,34H,5-8,10-12H2,1-4H3,(H,31,33)(H,32,35,36). The van der Waals surface area contributed by atoms with Crippen molar-refractivity contribution in [3.8, 4) is 22.5 Å². The SMILES string of the molecule is CCCC(CC)Nc1nccc(-c2c(-c3ccnc(NC(C)C)c3)nn3c(NC4CCCC4)cccc23)n1. The average molecular weight is 513 g/mol. The monoisotopic (exact) mass is 512 g/mol. The fraction of sp³-hybridized carbons (Fsp3) is 0.467. The summed E-state index contributed by atoms with van der Waals surface area (Å²) in [6, 6.07) is 13.6. The molecule has 1 aliphatic rings. The number of pyridine rings is 2. The van der Waals surface area contributed by atoms with Crippen LogP contribution < -0.4 is 16.0 Å². The second-order valence-electron chi connectivity index (χ2n) is 10.6. The van der Waals surface area contributed by atoms with Crippen molar-refractivity contribution >= 4 is 23.1 Å². The molecule has 0 aromatic carbocycles. The molecule has 1 fully saturated rings. The van der Waals surface area contributed by atoms with Crippen LogP contribution in [0.25, 0.3) is 28.0 Å². The van der Waals surface area contributed by atoms with E-state index < -0.39 is 0 Å². The summed E-state index contributed by atoms with van der Waals surface area (Å²) in [4.78, 5) is 14.1. The van der Waals surface area contributed by atoms with Crippen LogP contribution in [0.1, 0.15) is 72.6 Å². The molecule has 1 unspecified atom stereocenters. The second kappa shape index (κ2) is 11.8. The molecule has 1 atom stereocenters. The smallest absolute Gasteiger partial charge is 0.223 e. The highest BCUT2D eigenvalue weighted by molar-refractivity contribution is 5.92. The minimum Gasteiger partial charge on any atom is -0.368 e. The predicted octanol–water partition coefficient (Wildman–Crippen LogP) is 7.02. The maximum atomic E-state index is 5.18. The zero-order valence-electron chi connectivity index (χ0n) is 23.0. The van der Waals surface area contributed by atoms with E-state index in [-0.39, 0.29) is 6.04 Å². The fourth-order valence-corrected chi connectivity index (χ4v) is 5.34. The van der Waals surface area contributed by atoms with Crippen LogP contribution in [0.5, 0.6) is 0 Å². The third-order valence-corrected chi connectivity index (χ3v) is 7.21. The molecule has 0 aliphatic heterocycles. The van der Waals surface area contributed by atoms with Crippen LogP contribution in [0.4, 0.5) is 17.6 Å². The predicted molar refractivity (Wildman–Crippen MR) is 157 cm³/mol. The maximum absolute atomic E-state index is 5.18. The molecule has 4 heterocycles. The Balaban J connectivity index is 1.63. The first-order valence-corrected chi connectivity index (χ1v) is 14.2. The Morgan fingerprint density at radius 1 is 1.00 bits per heavy atom. The molecule has 0 spiro atoms. The van der Waals surface area contributed by atoms with E-state index in [4.69, 9.17) is 10.1 Å². The van der Waals surface area contributed by atoms with Crippen LogP contribution in [-0.2, 0) is 0 Å². The van der Waals surface area contributed by atoms with E-state index in [9.17, 15) is 0 Å². The Labute approximate surface area is 225 Å². The van der Waals surface area contributed by atoms with Crippen molar-refractivity contribution in [3.63, 3.8) is 0 Å². The highest BCUT2D eigenvalue weighted by atomic mass is 15.3. The number of hydrogen-bond acceptors (Lipinski definition) is 7. The van der Waals surface area contributed by atoms with Gasteiger partial charge in [0.25, 0.3) is 0 Å². The van der Waals surface area contributed by atoms with Crippen molar-refractivity contribution in [2.75, 3.05) is 16.0 Å². The molecule has 4 aromatic heterocycles. The van der Waals surface area contributed by atoms with Gasteiger partial charge >= 0.3 is 0 Å². The van der Waals surface area contributed by atoms with Crippen LogP contribution in [0.3, 0.4) is 0 Å². The van der Waals surface area contributed by atoms with Crippen molar-refractivity contribution in [1.82, 2.24) is 24.6 Å². The fourth-order valence-electron chi connectivity index (χ4n) is 5.34. The number of rotatable bonds is 11. The summed E-state index contributed by atoms with van der Waals surface area (Å²) < 4.78 is 2.04. The van der Waals surface area contributed by atoms with E-state index in [0.717, 1.165) is 58.9 Å². The van der Waals surface area contributed by atoms with Gasteiger partial charge < -0.3 is 16.0 Å². The Morgan fingerprint density at radius 2 is 1.82 bits per heavy atom. The highest BCUT2D eigenvalue weighted by Crippen LogP contribution is 2.36. The molecule has 4 aromatic rings. The number of fused-ring (bicyclic) bond motifs is 1. The number of aromatic nitrogens is 5. The Morgan fingerprint density at radius 3 is 2.58 bits per heavy atom. The quantitative estimate of drug-likeness (QED) is 0.199. The summed E-state index contributed by atoms with van der Waals surface area (Å²) in [7, 11) is 0. The summed E-state index contributed by atoms with van der Waals surface area (Å²) in [6.45, 7) is 8.64. The summed E-state index contributed by atoms with van der Waals surface area (Å²) in [5, 5.41) is 15.9. The first-order valence-electron chi connectivity index (χ1n) is 14.2. The Bertz CT molecular complexity index is 1360. The second-order valence-corrected chi connectivity index (χ2v) is 10.6. The van der Waals surface area contributed by atoms with Crippen LogP contribution >= 0.6 is 0 Å². The summed E-state index contributed by atoms with van der Waals surface area (Å²) in [5.41, 5.74) is 4.75. The lowest BCUT2D eigenvalue weighted by Gasteiger charge is -2.16. The molecule has 0 bridgehead atoms. The first kappa shape index (κ1) is 25.9. The number of hydrogen-bond donors (Lipinski definition) is 3. The molecule has 0 radical (unpaired) electrons. The largest absolute Gasteiger partial charge is 0.368 e. The van der Waals surface area contributed by atoms with Gasteiger partial charge in [-0.2, -0.15) is 5.10 Å². The highest BCUT2D eigenvalue weighted by Gasteiger charge is 2.22. The molecule has 8 nitrogen and oxygen atoms in total. The Hall–Kier alpha value is -3.68. The minimum absolute atomic E-state index is 0.283. The van der Waals surface area contributed by atoms with Crippen molar-refractivity contribution in [1.29, 1.82) is 0 Å². The number of nitrogens with one attached hydrogen (secondary N) is 3. The normalized spacial score (nSPS) is 14.8. The molecule has 8 heteroatoms. The van der Waals surface area contributed by atoms with Gasteiger partial charge in [0.1, 0.15) is 17.3 Å². The van der Waals surface area contributed by atoms with Gasteiger partial charge in [0, 0.05) is 36.1 Å². The van der Waals surface area contributed by atoms with E-state index in [0.29, 0.717) is 18.0 Å². The maximum Gasteiger partial charge on any atom is 0.223 e. The van der Waals surface area contributed by atoms with E-state index in [1.807, 2.05) is 29.0 Å². The van der Waals surface area contributed by atoms with Gasteiger partial charge in [-0.05, 0) is 69.9 Å².